The van der Waals surface area contributed by atoms with Crippen LogP contribution in [0, 0.1) is 16.7 Å². The van der Waals surface area contributed by atoms with Gasteiger partial charge in [-0.15, -0.1) is 0 Å². The maximum Gasteiger partial charge on any atom is 0.227 e. The minimum atomic E-state index is -0.243. The Labute approximate surface area is 105 Å². The lowest BCUT2D eigenvalue weighted by Gasteiger charge is -2.28. The predicted molar refractivity (Wildman–Crippen MR) is 69.5 cm³/mol. The molecule has 0 aliphatic heterocycles. The summed E-state index contributed by atoms with van der Waals surface area (Å²) in [4.78, 5) is 12.3. The number of hydrogen-bond acceptors (Lipinski definition) is 2. The third kappa shape index (κ3) is 2.35. The largest absolute Gasteiger partial charge is 0.355 e. The lowest BCUT2D eigenvalue weighted by molar-refractivity contribution is -0.130. The number of amides is 1. The van der Waals surface area contributed by atoms with Crippen molar-refractivity contribution < 1.29 is 4.79 Å². The molecule has 2 fully saturated rings. The van der Waals surface area contributed by atoms with E-state index in [0.29, 0.717) is 17.9 Å². The van der Waals surface area contributed by atoms with Gasteiger partial charge in [0.15, 0.2) is 0 Å². The van der Waals surface area contributed by atoms with Crippen LogP contribution in [-0.4, -0.2) is 19.0 Å². The van der Waals surface area contributed by atoms with Crippen molar-refractivity contribution in [2.75, 3.05) is 13.1 Å². The van der Waals surface area contributed by atoms with Crippen LogP contribution in [0.15, 0.2) is 0 Å². The Hall–Kier alpha value is -0.570. The average Bonchev–Trinajstić information content (AvgIpc) is 2.96. The van der Waals surface area contributed by atoms with Crippen LogP contribution in [0.2, 0.25) is 0 Å². The maximum absolute atomic E-state index is 12.3. The van der Waals surface area contributed by atoms with E-state index in [9.17, 15) is 4.79 Å². The van der Waals surface area contributed by atoms with Crippen LogP contribution in [-0.2, 0) is 4.79 Å². The van der Waals surface area contributed by atoms with Crippen LogP contribution in [0.1, 0.15) is 52.4 Å². The van der Waals surface area contributed by atoms with Crippen LogP contribution < -0.4 is 11.1 Å². The number of hydrogen-bond donors (Lipinski definition) is 2. The van der Waals surface area contributed by atoms with E-state index in [-0.39, 0.29) is 11.3 Å². The number of nitrogens with one attached hydrogen (secondary N) is 1. The van der Waals surface area contributed by atoms with Crippen molar-refractivity contribution in [2.45, 2.75) is 52.4 Å². The summed E-state index contributed by atoms with van der Waals surface area (Å²) >= 11 is 0. The monoisotopic (exact) mass is 238 g/mol. The Morgan fingerprint density at radius 2 is 1.82 bits per heavy atom. The molecule has 2 saturated carbocycles. The minimum Gasteiger partial charge on any atom is -0.355 e. The molecular weight excluding hydrogens is 212 g/mol. The summed E-state index contributed by atoms with van der Waals surface area (Å²) in [6.07, 6.45) is 6.79. The number of nitrogens with two attached hydrogens (primary N) is 1. The molecule has 2 aliphatic carbocycles. The number of carbonyl (C=O) groups is 1. The Kier molecular flexibility index (Phi) is 3.48. The highest BCUT2D eigenvalue weighted by atomic mass is 16.2. The third-order valence-electron chi connectivity index (χ3n) is 5.15. The van der Waals surface area contributed by atoms with Crippen LogP contribution in [0.4, 0.5) is 0 Å². The smallest absolute Gasteiger partial charge is 0.227 e. The first-order chi connectivity index (χ1) is 8.05. The van der Waals surface area contributed by atoms with E-state index in [4.69, 9.17) is 5.73 Å². The van der Waals surface area contributed by atoms with Crippen LogP contribution >= 0.6 is 0 Å². The second kappa shape index (κ2) is 4.60. The van der Waals surface area contributed by atoms with E-state index >= 15 is 0 Å². The van der Waals surface area contributed by atoms with E-state index in [1.54, 1.807) is 0 Å². The van der Waals surface area contributed by atoms with Gasteiger partial charge in [0.2, 0.25) is 5.91 Å². The molecule has 0 heterocycles. The molecule has 0 saturated heterocycles. The zero-order valence-corrected chi connectivity index (χ0v) is 11.2. The third-order valence-corrected chi connectivity index (χ3v) is 5.15. The van der Waals surface area contributed by atoms with Gasteiger partial charge in [0.05, 0.1) is 5.41 Å². The molecule has 0 aromatic heterocycles. The van der Waals surface area contributed by atoms with Gasteiger partial charge < -0.3 is 11.1 Å². The molecule has 0 spiro atoms. The Bertz CT molecular complexity index is 289. The minimum absolute atomic E-state index is 0.212. The fourth-order valence-corrected chi connectivity index (χ4v) is 3.14. The Balaban J connectivity index is 1.89. The molecule has 98 valence electrons. The van der Waals surface area contributed by atoms with Crippen LogP contribution in [0.3, 0.4) is 0 Å². The van der Waals surface area contributed by atoms with Crippen molar-refractivity contribution in [3.05, 3.63) is 0 Å². The molecule has 3 heteroatoms. The van der Waals surface area contributed by atoms with Crippen molar-refractivity contribution in [3.63, 3.8) is 0 Å². The Morgan fingerprint density at radius 3 is 2.24 bits per heavy atom. The molecular formula is C14H26N2O. The SMILES string of the molecule is CC(C)C1(CNC(=O)C2(CN)CCCC2)CC1. The lowest BCUT2D eigenvalue weighted by Crippen LogP contribution is -2.46. The van der Waals surface area contributed by atoms with Crippen molar-refractivity contribution in [3.8, 4) is 0 Å². The summed E-state index contributed by atoms with van der Waals surface area (Å²) in [5.41, 5.74) is 5.97. The summed E-state index contributed by atoms with van der Waals surface area (Å²) in [5.74, 6) is 0.879. The van der Waals surface area contributed by atoms with Gasteiger partial charge in [-0.3, -0.25) is 4.79 Å². The number of rotatable bonds is 5. The van der Waals surface area contributed by atoms with Gasteiger partial charge in [0, 0.05) is 13.1 Å². The fourth-order valence-electron chi connectivity index (χ4n) is 3.14. The normalized spacial score (nSPS) is 24.9. The van der Waals surface area contributed by atoms with Gasteiger partial charge in [-0.05, 0) is 37.0 Å². The highest BCUT2D eigenvalue weighted by molar-refractivity contribution is 5.83. The molecule has 0 bridgehead atoms. The van der Waals surface area contributed by atoms with Gasteiger partial charge in [-0.2, -0.15) is 0 Å². The standard InChI is InChI=1S/C14H26N2O/c1-11(2)14(7-8-14)10-16-12(17)13(9-15)5-3-4-6-13/h11H,3-10,15H2,1-2H3,(H,16,17). The zero-order valence-electron chi connectivity index (χ0n) is 11.2. The fraction of sp³-hybridized carbons (Fsp3) is 0.929. The van der Waals surface area contributed by atoms with Gasteiger partial charge in [-0.1, -0.05) is 26.7 Å². The van der Waals surface area contributed by atoms with Crippen molar-refractivity contribution in [2.24, 2.45) is 22.5 Å². The van der Waals surface area contributed by atoms with E-state index < -0.39 is 0 Å². The van der Waals surface area contributed by atoms with Gasteiger partial charge in [0.1, 0.15) is 0 Å². The van der Waals surface area contributed by atoms with E-state index in [2.05, 4.69) is 19.2 Å². The second-order valence-corrected chi connectivity index (χ2v) is 6.39. The summed E-state index contributed by atoms with van der Waals surface area (Å²) < 4.78 is 0. The molecule has 0 aromatic carbocycles. The van der Waals surface area contributed by atoms with Crippen molar-refractivity contribution in [1.82, 2.24) is 5.32 Å². The highest BCUT2D eigenvalue weighted by Crippen LogP contribution is 2.51. The molecule has 0 atom stereocenters. The summed E-state index contributed by atoms with van der Waals surface area (Å²) in [5, 5.41) is 3.18. The molecule has 3 nitrogen and oxygen atoms in total. The topological polar surface area (TPSA) is 55.1 Å². The highest BCUT2D eigenvalue weighted by Gasteiger charge is 2.47. The van der Waals surface area contributed by atoms with Crippen molar-refractivity contribution >= 4 is 5.91 Å². The summed E-state index contributed by atoms with van der Waals surface area (Å²) in [7, 11) is 0. The van der Waals surface area contributed by atoms with Gasteiger partial charge in [-0.25, -0.2) is 0 Å². The van der Waals surface area contributed by atoms with Gasteiger partial charge in [0.25, 0.3) is 0 Å². The molecule has 0 radical (unpaired) electrons. The quantitative estimate of drug-likeness (QED) is 0.770. The first-order valence-electron chi connectivity index (χ1n) is 7.03. The molecule has 17 heavy (non-hydrogen) atoms. The summed E-state index contributed by atoms with van der Waals surface area (Å²) in [6, 6.07) is 0. The van der Waals surface area contributed by atoms with E-state index in [1.807, 2.05) is 0 Å². The average molecular weight is 238 g/mol. The molecule has 2 aliphatic rings. The number of carbonyl (C=O) groups excluding carboxylic acids is 1. The molecule has 2 rings (SSSR count). The first kappa shape index (κ1) is 12.9. The van der Waals surface area contributed by atoms with E-state index in [1.165, 1.54) is 12.8 Å². The molecule has 1 amide bonds. The second-order valence-electron chi connectivity index (χ2n) is 6.39. The predicted octanol–water partition coefficient (Wildman–Crippen LogP) is 2.06. The molecule has 3 N–H and O–H groups in total. The van der Waals surface area contributed by atoms with Crippen LogP contribution in [0.5, 0.6) is 0 Å². The molecule has 0 aromatic rings. The van der Waals surface area contributed by atoms with Gasteiger partial charge >= 0.3 is 0 Å². The summed E-state index contributed by atoms with van der Waals surface area (Å²) in [6.45, 7) is 5.87. The lowest BCUT2D eigenvalue weighted by atomic mass is 9.84. The Morgan fingerprint density at radius 1 is 1.24 bits per heavy atom. The van der Waals surface area contributed by atoms with Crippen molar-refractivity contribution in [1.29, 1.82) is 0 Å². The van der Waals surface area contributed by atoms with Crippen LogP contribution in [0.25, 0.3) is 0 Å². The first-order valence-corrected chi connectivity index (χ1v) is 7.03. The molecule has 0 unspecified atom stereocenters. The maximum atomic E-state index is 12.3. The van der Waals surface area contributed by atoms with E-state index in [0.717, 1.165) is 32.2 Å². The zero-order chi connectivity index (χ0) is 12.5.